The van der Waals surface area contributed by atoms with Crippen molar-refractivity contribution in [3.63, 3.8) is 0 Å². The second-order valence-corrected chi connectivity index (χ2v) is 5.13. The fourth-order valence-corrected chi connectivity index (χ4v) is 1.94. The maximum absolute atomic E-state index is 12.1. The lowest BCUT2D eigenvalue weighted by Gasteiger charge is -2.09. The Morgan fingerprint density at radius 3 is 2.58 bits per heavy atom. The van der Waals surface area contributed by atoms with Crippen LogP contribution in [0.5, 0.6) is 5.75 Å². The normalized spacial score (nSPS) is 13.6. The van der Waals surface area contributed by atoms with Gasteiger partial charge in [0.25, 0.3) is 0 Å². The van der Waals surface area contributed by atoms with Crippen LogP contribution in [0.25, 0.3) is 0 Å². The molecule has 0 unspecified atom stereocenters. The minimum atomic E-state index is -2.91. The molecule has 3 rings (SSSR count). The van der Waals surface area contributed by atoms with E-state index in [2.05, 4.69) is 25.3 Å². The molecule has 0 radical (unpaired) electrons. The molecule has 0 amide bonds. The Morgan fingerprint density at radius 1 is 1.29 bits per heavy atom. The van der Waals surface area contributed by atoms with Gasteiger partial charge in [0.15, 0.2) is 0 Å². The van der Waals surface area contributed by atoms with Crippen molar-refractivity contribution in [1.29, 1.82) is 0 Å². The number of alkyl halides is 2. The highest BCUT2D eigenvalue weighted by Gasteiger charge is 2.24. The molecule has 0 atom stereocenters. The third-order valence-electron chi connectivity index (χ3n) is 3.22. The first-order chi connectivity index (χ1) is 11.5. The molecule has 2 aromatic rings. The molecule has 0 aliphatic heterocycles. The predicted octanol–water partition coefficient (Wildman–Crippen LogP) is 3.30. The quantitative estimate of drug-likeness (QED) is 0.590. The van der Waals surface area contributed by atoms with Crippen LogP contribution in [-0.2, 0) is 0 Å². The molecular formula is C14H13F2N5O3. The Bertz CT molecular complexity index is 738. The average Bonchev–Trinajstić information content (AvgIpc) is 3.33. The van der Waals surface area contributed by atoms with Crippen LogP contribution in [-0.4, -0.2) is 27.5 Å². The standard InChI is InChI=1S/C14H13F2N5O3/c15-13(16)24-10-5-3-8(4-6-10)18-12-11(21(22)23)7-17-14(20-12)19-9-1-2-9/h3-7,9,13H,1-2H2,(H2,17,18,19,20). The molecule has 0 saturated heterocycles. The van der Waals surface area contributed by atoms with Gasteiger partial charge in [0.1, 0.15) is 11.9 Å². The fourth-order valence-electron chi connectivity index (χ4n) is 1.94. The zero-order chi connectivity index (χ0) is 17.1. The summed E-state index contributed by atoms with van der Waals surface area (Å²) in [6, 6.07) is 5.86. The number of rotatable bonds is 7. The first-order valence-electron chi connectivity index (χ1n) is 7.11. The third kappa shape index (κ3) is 4.03. The summed E-state index contributed by atoms with van der Waals surface area (Å²) in [4.78, 5) is 18.5. The maximum atomic E-state index is 12.1. The molecule has 24 heavy (non-hydrogen) atoms. The average molecular weight is 337 g/mol. The topological polar surface area (TPSA) is 102 Å². The van der Waals surface area contributed by atoms with Crippen LogP contribution in [0, 0.1) is 10.1 Å². The highest BCUT2D eigenvalue weighted by atomic mass is 19.3. The van der Waals surface area contributed by atoms with Gasteiger partial charge < -0.3 is 15.4 Å². The van der Waals surface area contributed by atoms with E-state index in [-0.39, 0.29) is 17.3 Å². The SMILES string of the molecule is O=[N+]([O-])c1cnc(NC2CC2)nc1Nc1ccc(OC(F)F)cc1. The predicted molar refractivity (Wildman–Crippen MR) is 81.7 cm³/mol. The van der Waals surface area contributed by atoms with E-state index in [9.17, 15) is 18.9 Å². The molecule has 2 N–H and O–H groups in total. The van der Waals surface area contributed by atoms with Crippen molar-refractivity contribution in [1.82, 2.24) is 9.97 Å². The summed E-state index contributed by atoms with van der Waals surface area (Å²) in [5, 5.41) is 16.9. The van der Waals surface area contributed by atoms with Crippen molar-refractivity contribution in [2.24, 2.45) is 0 Å². The second-order valence-electron chi connectivity index (χ2n) is 5.13. The van der Waals surface area contributed by atoms with Gasteiger partial charge in [0.2, 0.25) is 11.8 Å². The molecule has 1 fully saturated rings. The molecule has 0 spiro atoms. The molecule has 8 nitrogen and oxygen atoms in total. The highest BCUT2D eigenvalue weighted by Crippen LogP contribution is 2.29. The summed E-state index contributed by atoms with van der Waals surface area (Å²) < 4.78 is 28.5. The van der Waals surface area contributed by atoms with Crippen LogP contribution in [0.1, 0.15) is 12.8 Å². The zero-order valence-corrected chi connectivity index (χ0v) is 12.3. The van der Waals surface area contributed by atoms with E-state index in [1.165, 1.54) is 24.3 Å². The summed E-state index contributed by atoms with van der Waals surface area (Å²) in [6.45, 7) is -2.91. The molecule has 1 aliphatic carbocycles. The van der Waals surface area contributed by atoms with Gasteiger partial charge in [0, 0.05) is 11.7 Å². The van der Waals surface area contributed by atoms with Gasteiger partial charge in [-0.2, -0.15) is 13.8 Å². The third-order valence-corrected chi connectivity index (χ3v) is 3.22. The van der Waals surface area contributed by atoms with E-state index in [0.29, 0.717) is 17.7 Å². The number of aromatic nitrogens is 2. The van der Waals surface area contributed by atoms with E-state index in [4.69, 9.17) is 0 Å². The number of nitro groups is 1. The van der Waals surface area contributed by atoms with Crippen LogP contribution >= 0.6 is 0 Å². The number of nitrogens with one attached hydrogen (secondary N) is 2. The number of ether oxygens (including phenoxy) is 1. The summed E-state index contributed by atoms with van der Waals surface area (Å²) in [6.07, 6.45) is 3.14. The maximum Gasteiger partial charge on any atom is 0.387 e. The van der Waals surface area contributed by atoms with E-state index < -0.39 is 11.5 Å². The van der Waals surface area contributed by atoms with Crippen molar-refractivity contribution in [2.75, 3.05) is 10.6 Å². The Morgan fingerprint density at radius 2 is 2.00 bits per heavy atom. The molecule has 1 aliphatic rings. The Kier molecular flexibility index (Phi) is 4.36. The number of benzene rings is 1. The Labute approximate surface area is 135 Å². The molecule has 1 heterocycles. The fraction of sp³-hybridized carbons (Fsp3) is 0.286. The number of nitrogens with zero attached hydrogens (tertiary/aromatic N) is 3. The van der Waals surface area contributed by atoms with Crippen molar-refractivity contribution in [2.45, 2.75) is 25.5 Å². The van der Waals surface area contributed by atoms with Gasteiger partial charge in [-0.25, -0.2) is 4.98 Å². The van der Waals surface area contributed by atoms with Crippen molar-refractivity contribution < 1.29 is 18.4 Å². The minimum absolute atomic E-state index is 0.0103. The van der Waals surface area contributed by atoms with Crippen LogP contribution < -0.4 is 15.4 Å². The molecular weight excluding hydrogens is 324 g/mol. The minimum Gasteiger partial charge on any atom is -0.435 e. The molecule has 10 heteroatoms. The van der Waals surface area contributed by atoms with Crippen LogP contribution in [0.3, 0.4) is 0 Å². The Hall–Kier alpha value is -3.04. The molecule has 126 valence electrons. The number of hydrogen-bond acceptors (Lipinski definition) is 7. The van der Waals surface area contributed by atoms with E-state index in [1.54, 1.807) is 0 Å². The summed E-state index contributed by atoms with van der Waals surface area (Å²) >= 11 is 0. The molecule has 1 aromatic heterocycles. The largest absolute Gasteiger partial charge is 0.435 e. The van der Waals surface area contributed by atoms with Gasteiger partial charge in [-0.15, -0.1) is 0 Å². The van der Waals surface area contributed by atoms with Gasteiger partial charge >= 0.3 is 12.3 Å². The molecule has 1 saturated carbocycles. The summed E-state index contributed by atoms with van der Waals surface area (Å²) in [7, 11) is 0. The molecule has 0 bridgehead atoms. The second kappa shape index (κ2) is 6.60. The lowest BCUT2D eigenvalue weighted by Crippen LogP contribution is -2.08. The lowest BCUT2D eigenvalue weighted by molar-refractivity contribution is -0.384. The van der Waals surface area contributed by atoms with Gasteiger partial charge in [-0.3, -0.25) is 10.1 Å². The van der Waals surface area contributed by atoms with Gasteiger partial charge in [0.05, 0.1) is 4.92 Å². The first-order valence-corrected chi connectivity index (χ1v) is 7.11. The zero-order valence-electron chi connectivity index (χ0n) is 12.3. The highest BCUT2D eigenvalue weighted by molar-refractivity contribution is 5.66. The number of hydrogen-bond donors (Lipinski definition) is 2. The van der Waals surface area contributed by atoms with Gasteiger partial charge in [-0.05, 0) is 37.1 Å². The van der Waals surface area contributed by atoms with Gasteiger partial charge in [-0.1, -0.05) is 0 Å². The van der Waals surface area contributed by atoms with Crippen LogP contribution in [0.4, 0.5) is 31.9 Å². The number of anilines is 3. The van der Waals surface area contributed by atoms with Crippen molar-refractivity contribution in [3.8, 4) is 5.75 Å². The van der Waals surface area contributed by atoms with Crippen LogP contribution in [0.2, 0.25) is 0 Å². The first kappa shape index (κ1) is 15.8. The van der Waals surface area contributed by atoms with Crippen molar-refractivity contribution in [3.05, 3.63) is 40.6 Å². The number of halogens is 2. The Balaban J connectivity index is 1.79. The monoisotopic (exact) mass is 337 g/mol. The van der Waals surface area contributed by atoms with E-state index in [0.717, 1.165) is 19.0 Å². The van der Waals surface area contributed by atoms with Crippen LogP contribution in [0.15, 0.2) is 30.5 Å². The molecule has 1 aromatic carbocycles. The smallest absolute Gasteiger partial charge is 0.387 e. The van der Waals surface area contributed by atoms with E-state index >= 15 is 0 Å². The summed E-state index contributed by atoms with van der Waals surface area (Å²) in [5.41, 5.74) is 0.153. The van der Waals surface area contributed by atoms with E-state index in [1.807, 2.05) is 0 Å². The van der Waals surface area contributed by atoms with Crippen molar-refractivity contribution >= 4 is 23.1 Å². The lowest BCUT2D eigenvalue weighted by atomic mass is 10.3. The summed E-state index contributed by atoms with van der Waals surface area (Å²) in [5.74, 6) is 0.299.